The molecule has 2 aromatic carbocycles. The SMILES string of the molecule is COc1cc2cc(c1Cl)N(C)C(=O)C[C@H](OC(=O)CN(C)C(=O)c1ccccc1NC(=O)[C@H](CCCNC(N)=O)NC(=O)[C@H](C)NC(=S)NCCOCCOCCC(=O)ON1C(=O)CCC1=O)[C@@H](C)[C@@H](O)[C@H](C)[C@@H]1CC(C/C=C/C=C(\C)C2)NC(=O)O1. The number of hydroxylamine groups is 2. The molecule has 3 aliphatic heterocycles. The first-order chi connectivity index (χ1) is 41.4. The van der Waals surface area contributed by atoms with Crippen LogP contribution in [-0.4, -0.2) is 183 Å². The average Bonchev–Trinajstić information content (AvgIpc) is 3.58. The lowest BCUT2D eigenvalue weighted by molar-refractivity contribution is -0.198. The van der Waals surface area contributed by atoms with E-state index in [1.807, 2.05) is 25.2 Å². The summed E-state index contributed by atoms with van der Waals surface area (Å²) < 4.78 is 28.1. The number of amides is 9. The lowest BCUT2D eigenvalue weighted by Crippen LogP contribution is -2.53. The van der Waals surface area contributed by atoms with Crippen molar-refractivity contribution < 1.29 is 81.6 Å². The maximum atomic E-state index is 14.3. The molecular weight excluding hydrogens is 1180 g/mol. The molecule has 3 heterocycles. The van der Waals surface area contributed by atoms with Crippen LogP contribution in [0.25, 0.3) is 0 Å². The number of nitrogens with two attached hydrogens (primary N) is 1. The number of para-hydroxylation sites is 1. The number of nitrogens with one attached hydrogen (secondary N) is 6. The van der Waals surface area contributed by atoms with Gasteiger partial charge in [-0.2, -0.15) is 0 Å². The second-order valence-electron chi connectivity index (χ2n) is 21.2. The van der Waals surface area contributed by atoms with Crippen molar-refractivity contribution in [3.63, 3.8) is 0 Å². The summed E-state index contributed by atoms with van der Waals surface area (Å²) in [5.74, 6) is -6.88. The fourth-order valence-corrected chi connectivity index (χ4v) is 10.1. The number of thiocarbonyl (C=S) groups is 1. The van der Waals surface area contributed by atoms with Crippen molar-refractivity contribution in [1.29, 1.82) is 0 Å². The molecule has 4 bridgehead atoms. The van der Waals surface area contributed by atoms with Crippen molar-refractivity contribution >= 4 is 99.8 Å². The summed E-state index contributed by atoms with van der Waals surface area (Å²) in [4.78, 5) is 137. The van der Waals surface area contributed by atoms with Crippen LogP contribution in [0.4, 0.5) is 21.0 Å². The molecule has 476 valence electrons. The molecule has 0 spiro atoms. The number of hydrogen-bond donors (Lipinski definition) is 8. The normalized spacial score (nSPS) is 21.6. The van der Waals surface area contributed by atoms with Gasteiger partial charge in [0.05, 0.1) is 69.4 Å². The number of esters is 1. The van der Waals surface area contributed by atoms with Gasteiger partial charge in [0, 0.05) is 64.3 Å². The third-order valence-corrected chi connectivity index (χ3v) is 15.1. The molecule has 29 heteroatoms. The standard InChI is InChI=1S/C58H79ClN10O17S/c1-33-13-8-9-14-38-30-43(85-58(80)64-38)34(2)52(75)35(3)44(31-48(72)68(6)42-28-37(27-33)29-45(81-7)51(42)59)84-50(74)32-67(5)55(78)39-15-10-11-16-40(39)65-54(77)41(17-12-21-61-56(60)79)66-53(76)36(4)63-57(87)62-22-24-83-26-25-82-23-20-49(73)86-69-46(70)18-19-47(69)71/h8-11,13,15-16,28-29,34-36,38,41,43-44,52,75H,12,14,17-27,30-32H2,1-7H3,(H,64,80)(H,65,77)(H,66,76)(H3,60,61,79)(H2,62,63,87)/b9-8+,33-13+/t34-,35-,36+,38?,41+,43+,44+,52+/m1/s1. The highest BCUT2D eigenvalue weighted by atomic mass is 35.5. The van der Waals surface area contributed by atoms with E-state index >= 15 is 0 Å². The Bertz CT molecular complexity index is 2880. The second-order valence-corrected chi connectivity index (χ2v) is 22.0. The van der Waals surface area contributed by atoms with Gasteiger partial charge in [-0.3, -0.25) is 33.6 Å². The molecule has 87 heavy (non-hydrogen) atoms. The molecule has 9 amide bonds. The number of urea groups is 1. The Morgan fingerprint density at radius 1 is 0.931 bits per heavy atom. The Balaban J connectivity index is 1.21. The number of hydrogen-bond acceptors (Lipinski definition) is 18. The molecule has 0 radical (unpaired) electrons. The van der Waals surface area contributed by atoms with Gasteiger partial charge in [-0.25, -0.2) is 14.4 Å². The van der Waals surface area contributed by atoms with Crippen molar-refractivity contribution in [2.24, 2.45) is 17.6 Å². The Hall–Kier alpha value is -7.92. The zero-order chi connectivity index (χ0) is 63.9. The van der Waals surface area contributed by atoms with Gasteiger partial charge in [0.2, 0.25) is 17.7 Å². The largest absolute Gasteiger partial charge is 0.495 e. The van der Waals surface area contributed by atoms with Crippen LogP contribution in [0.1, 0.15) is 95.0 Å². The molecule has 5 rings (SSSR count). The number of likely N-dealkylation sites (N-methyl/N-ethyl adjacent to an activating group) is 1. The number of carbonyl (C=O) groups excluding carboxylic acids is 10. The number of methoxy groups -OCH3 is 1. The van der Waals surface area contributed by atoms with Crippen LogP contribution in [-0.2, 0) is 63.8 Å². The maximum Gasteiger partial charge on any atom is 0.407 e. The van der Waals surface area contributed by atoms with Gasteiger partial charge in [-0.1, -0.05) is 61.4 Å². The summed E-state index contributed by atoms with van der Waals surface area (Å²) in [5.41, 5.74) is 7.30. The fourth-order valence-electron chi connectivity index (χ4n) is 9.48. The molecule has 2 aromatic rings. The number of alkyl carbamates (subject to hydrolysis) is 1. The number of fused-ring (bicyclic) bond motifs is 4. The molecule has 0 aliphatic carbocycles. The van der Waals surface area contributed by atoms with E-state index in [9.17, 15) is 53.1 Å². The molecular formula is C58H79ClN10O17S. The van der Waals surface area contributed by atoms with Crippen LogP contribution < -0.4 is 47.3 Å². The molecule has 0 aromatic heterocycles. The number of anilines is 2. The van der Waals surface area contributed by atoms with Gasteiger partial charge in [0.1, 0.15) is 41.6 Å². The van der Waals surface area contributed by atoms with E-state index < -0.39 is 115 Å². The molecule has 2 saturated heterocycles. The first kappa shape index (κ1) is 69.8. The molecule has 2 fully saturated rings. The smallest absolute Gasteiger partial charge is 0.407 e. The number of carbonyl (C=O) groups is 10. The topological polar surface area (TPSA) is 354 Å². The van der Waals surface area contributed by atoms with Crippen LogP contribution in [0.15, 0.2) is 60.2 Å². The lowest BCUT2D eigenvalue weighted by Gasteiger charge is -2.38. The summed E-state index contributed by atoms with van der Waals surface area (Å²) in [5, 5.41) is 29.1. The highest BCUT2D eigenvalue weighted by molar-refractivity contribution is 7.80. The number of benzene rings is 2. The van der Waals surface area contributed by atoms with E-state index in [-0.39, 0.29) is 99.0 Å². The number of allylic oxidation sites excluding steroid dienone is 3. The Morgan fingerprint density at radius 2 is 1.63 bits per heavy atom. The monoisotopic (exact) mass is 1250 g/mol. The number of rotatable bonds is 24. The second kappa shape index (κ2) is 34.4. The Labute approximate surface area is 515 Å². The van der Waals surface area contributed by atoms with E-state index in [1.165, 1.54) is 51.2 Å². The highest BCUT2D eigenvalue weighted by Crippen LogP contribution is 2.37. The first-order valence-electron chi connectivity index (χ1n) is 28.4. The van der Waals surface area contributed by atoms with Crippen LogP contribution in [0.3, 0.4) is 0 Å². The van der Waals surface area contributed by atoms with Crippen molar-refractivity contribution in [3.05, 3.63) is 76.3 Å². The molecule has 9 N–H and O–H groups in total. The summed E-state index contributed by atoms with van der Waals surface area (Å²) in [6, 6.07) is 6.17. The highest BCUT2D eigenvalue weighted by Gasteiger charge is 2.41. The molecule has 0 saturated carbocycles. The summed E-state index contributed by atoms with van der Waals surface area (Å²) in [6.07, 6.45) is 2.62. The third kappa shape index (κ3) is 21.8. The van der Waals surface area contributed by atoms with Crippen molar-refractivity contribution in [1.82, 2.24) is 36.5 Å². The number of nitrogens with zero attached hydrogens (tertiary/aromatic N) is 3. The van der Waals surface area contributed by atoms with Crippen molar-refractivity contribution in [2.45, 2.75) is 122 Å². The van der Waals surface area contributed by atoms with Crippen molar-refractivity contribution in [3.8, 4) is 5.75 Å². The molecule has 1 unspecified atom stereocenters. The van der Waals surface area contributed by atoms with Gasteiger partial charge in [-0.05, 0) is 81.6 Å². The third-order valence-electron chi connectivity index (χ3n) is 14.5. The van der Waals surface area contributed by atoms with Crippen LogP contribution in [0.2, 0.25) is 5.02 Å². The predicted octanol–water partition coefficient (Wildman–Crippen LogP) is 3.09. The minimum atomic E-state index is -1.30. The quantitative estimate of drug-likeness (QED) is 0.0324. The summed E-state index contributed by atoms with van der Waals surface area (Å²) in [7, 11) is 4.30. The van der Waals surface area contributed by atoms with E-state index in [1.54, 1.807) is 32.0 Å². The zero-order valence-electron chi connectivity index (χ0n) is 49.8. The zero-order valence-corrected chi connectivity index (χ0v) is 51.4. The van der Waals surface area contributed by atoms with E-state index in [2.05, 4.69) is 31.9 Å². The van der Waals surface area contributed by atoms with Gasteiger partial charge < -0.3 is 81.1 Å². The molecule has 27 nitrogen and oxygen atoms in total. The minimum Gasteiger partial charge on any atom is -0.495 e. The summed E-state index contributed by atoms with van der Waals surface area (Å²) >= 11 is 12.2. The van der Waals surface area contributed by atoms with Crippen LogP contribution in [0.5, 0.6) is 5.75 Å². The van der Waals surface area contributed by atoms with Gasteiger partial charge >= 0.3 is 24.1 Å². The lowest BCUT2D eigenvalue weighted by atomic mass is 9.82. The number of halogens is 1. The Morgan fingerprint density at radius 3 is 2.33 bits per heavy atom. The number of imide groups is 1. The van der Waals surface area contributed by atoms with E-state index in [0.717, 1.165) is 16.0 Å². The van der Waals surface area contributed by atoms with Gasteiger partial charge in [0.25, 0.3) is 17.7 Å². The minimum absolute atomic E-state index is 0.00170. The van der Waals surface area contributed by atoms with E-state index in [4.69, 9.17) is 58.1 Å². The fraction of sp³-hybridized carbons (Fsp3) is 0.534. The van der Waals surface area contributed by atoms with E-state index in [0.29, 0.717) is 35.8 Å². The van der Waals surface area contributed by atoms with Gasteiger partial charge in [0.15, 0.2) is 5.11 Å². The number of aliphatic hydroxyl groups is 1. The Kier molecular flexibility index (Phi) is 27.6. The van der Waals surface area contributed by atoms with Crippen LogP contribution in [0, 0.1) is 11.8 Å². The maximum absolute atomic E-state index is 14.3. The van der Waals surface area contributed by atoms with Crippen LogP contribution >= 0.6 is 23.8 Å². The number of ether oxygens (including phenoxy) is 5. The van der Waals surface area contributed by atoms with Crippen molar-refractivity contribution in [2.75, 3.05) is 77.5 Å². The average molecular weight is 1260 g/mol. The predicted molar refractivity (Wildman–Crippen MR) is 321 cm³/mol. The van der Waals surface area contributed by atoms with Gasteiger partial charge in [-0.15, -0.1) is 5.06 Å². The number of primary amides is 1. The number of aliphatic hydroxyl groups excluding tert-OH is 1. The molecule has 3 aliphatic rings. The first-order valence-corrected chi connectivity index (χ1v) is 29.2. The molecule has 8 atom stereocenters. The summed E-state index contributed by atoms with van der Waals surface area (Å²) in [6.45, 7) is 6.80.